The van der Waals surface area contributed by atoms with Crippen LogP contribution in [-0.2, 0) is 6.42 Å². The molecule has 1 aromatic carbocycles. The minimum absolute atomic E-state index is 0.222. The lowest BCUT2D eigenvalue weighted by atomic mass is 10.1. The maximum atomic E-state index is 12.6. The summed E-state index contributed by atoms with van der Waals surface area (Å²) in [6.07, 6.45) is 2.48. The van der Waals surface area contributed by atoms with E-state index in [1.54, 1.807) is 16.7 Å². The Morgan fingerprint density at radius 1 is 1.00 bits per heavy atom. The van der Waals surface area contributed by atoms with Gasteiger partial charge in [0.2, 0.25) is 5.82 Å². The van der Waals surface area contributed by atoms with Crippen molar-refractivity contribution in [2.24, 2.45) is 5.92 Å². The maximum absolute atomic E-state index is 12.6. The van der Waals surface area contributed by atoms with Crippen molar-refractivity contribution in [1.29, 1.82) is 0 Å². The second-order valence-electron chi connectivity index (χ2n) is 6.84. The fourth-order valence-electron chi connectivity index (χ4n) is 2.79. The lowest BCUT2D eigenvalue weighted by Crippen LogP contribution is -2.29. The van der Waals surface area contributed by atoms with Gasteiger partial charge in [-0.25, -0.2) is 4.98 Å². The van der Waals surface area contributed by atoms with E-state index in [1.807, 2.05) is 56.3 Å². The zero-order valence-electron chi connectivity index (χ0n) is 15.6. The molecule has 2 amide bonds. The number of nitrogens with zero attached hydrogens (tertiary/aromatic N) is 2. The minimum Gasteiger partial charge on any atom is -0.350 e. The average molecular weight is 364 g/mol. The Morgan fingerprint density at radius 2 is 1.74 bits per heavy atom. The van der Waals surface area contributed by atoms with Crippen LogP contribution in [0.1, 0.15) is 40.5 Å². The van der Waals surface area contributed by atoms with Crippen molar-refractivity contribution in [3.8, 4) is 0 Å². The van der Waals surface area contributed by atoms with E-state index in [4.69, 9.17) is 0 Å². The predicted molar refractivity (Wildman–Crippen MR) is 105 cm³/mol. The predicted octanol–water partition coefficient (Wildman–Crippen LogP) is 2.69. The summed E-state index contributed by atoms with van der Waals surface area (Å²) in [5.74, 6) is -0.00818. The first-order valence-corrected chi connectivity index (χ1v) is 9.13. The largest absolute Gasteiger partial charge is 0.350 e. The SMILES string of the molecule is CC(C)CNC(=O)c1nc(C(=O)NCCc2ccccc2)c2ccccn12. The Balaban J connectivity index is 1.75. The minimum atomic E-state index is -0.284. The number of carbonyl (C=O) groups excluding carboxylic acids is 2. The number of fused-ring (bicyclic) bond motifs is 1. The number of hydrogen-bond acceptors (Lipinski definition) is 3. The van der Waals surface area contributed by atoms with Crippen LogP contribution in [0.4, 0.5) is 0 Å². The molecule has 0 unspecified atom stereocenters. The molecule has 0 aliphatic carbocycles. The van der Waals surface area contributed by atoms with E-state index in [2.05, 4.69) is 15.6 Å². The number of hydrogen-bond donors (Lipinski definition) is 2. The van der Waals surface area contributed by atoms with Crippen molar-refractivity contribution >= 4 is 17.3 Å². The molecule has 0 radical (unpaired) electrons. The molecule has 0 saturated carbocycles. The Labute approximate surface area is 158 Å². The summed E-state index contributed by atoms with van der Waals surface area (Å²) in [7, 11) is 0. The average Bonchev–Trinajstić information content (AvgIpc) is 3.07. The summed E-state index contributed by atoms with van der Waals surface area (Å²) in [5.41, 5.74) is 2.03. The zero-order valence-corrected chi connectivity index (χ0v) is 15.6. The van der Waals surface area contributed by atoms with Gasteiger partial charge in [0.15, 0.2) is 5.69 Å². The quantitative estimate of drug-likeness (QED) is 0.677. The molecule has 0 atom stereocenters. The van der Waals surface area contributed by atoms with E-state index in [9.17, 15) is 9.59 Å². The van der Waals surface area contributed by atoms with Gasteiger partial charge in [-0.3, -0.25) is 14.0 Å². The Bertz CT molecular complexity index is 932. The Kier molecular flexibility index (Phi) is 5.86. The summed E-state index contributed by atoms with van der Waals surface area (Å²) in [6, 6.07) is 15.4. The summed E-state index contributed by atoms with van der Waals surface area (Å²) in [5, 5.41) is 5.75. The molecule has 27 heavy (non-hydrogen) atoms. The number of rotatable bonds is 7. The summed E-state index contributed by atoms with van der Waals surface area (Å²) < 4.78 is 1.65. The molecule has 0 spiro atoms. The van der Waals surface area contributed by atoms with E-state index in [0.717, 1.165) is 12.0 Å². The van der Waals surface area contributed by atoms with Gasteiger partial charge in [-0.05, 0) is 30.0 Å². The van der Waals surface area contributed by atoms with Crippen molar-refractivity contribution in [3.63, 3.8) is 0 Å². The van der Waals surface area contributed by atoms with Gasteiger partial charge in [0.05, 0.1) is 5.52 Å². The fraction of sp³-hybridized carbons (Fsp3) is 0.286. The van der Waals surface area contributed by atoms with Crippen molar-refractivity contribution < 1.29 is 9.59 Å². The Hall–Kier alpha value is -3.15. The van der Waals surface area contributed by atoms with Gasteiger partial charge >= 0.3 is 0 Å². The number of carbonyl (C=O) groups is 2. The van der Waals surface area contributed by atoms with Gasteiger partial charge < -0.3 is 10.6 Å². The van der Waals surface area contributed by atoms with Crippen LogP contribution in [0, 0.1) is 5.92 Å². The van der Waals surface area contributed by atoms with Crippen LogP contribution in [-0.4, -0.2) is 34.3 Å². The van der Waals surface area contributed by atoms with Crippen molar-refractivity contribution in [2.45, 2.75) is 20.3 Å². The number of pyridine rings is 1. The van der Waals surface area contributed by atoms with Crippen LogP contribution in [0.15, 0.2) is 54.7 Å². The zero-order chi connectivity index (χ0) is 19.2. The van der Waals surface area contributed by atoms with Crippen LogP contribution >= 0.6 is 0 Å². The Morgan fingerprint density at radius 3 is 2.48 bits per heavy atom. The van der Waals surface area contributed by atoms with Crippen molar-refractivity contribution in [3.05, 3.63) is 71.8 Å². The molecule has 0 aliphatic heterocycles. The first-order chi connectivity index (χ1) is 13.1. The monoisotopic (exact) mass is 364 g/mol. The van der Waals surface area contributed by atoms with Crippen LogP contribution in [0.2, 0.25) is 0 Å². The standard InChI is InChI=1S/C21H24N4O2/c1-15(2)14-23-21(27)19-24-18(17-10-6-7-13-25(17)19)20(26)22-12-11-16-8-4-3-5-9-16/h3-10,13,15H,11-12,14H2,1-2H3,(H,22,26)(H,23,27). The van der Waals surface area contributed by atoms with E-state index < -0.39 is 0 Å². The van der Waals surface area contributed by atoms with Crippen LogP contribution in [0.3, 0.4) is 0 Å². The van der Waals surface area contributed by atoms with Crippen molar-refractivity contribution in [1.82, 2.24) is 20.0 Å². The highest BCUT2D eigenvalue weighted by Gasteiger charge is 2.21. The number of aromatic nitrogens is 2. The molecule has 0 fully saturated rings. The molecule has 2 heterocycles. The summed E-state index contributed by atoms with van der Waals surface area (Å²) in [4.78, 5) is 29.4. The molecule has 140 valence electrons. The molecule has 2 aromatic heterocycles. The lowest BCUT2D eigenvalue weighted by molar-refractivity contribution is 0.0938. The van der Waals surface area contributed by atoms with E-state index in [1.165, 1.54) is 0 Å². The van der Waals surface area contributed by atoms with Gasteiger partial charge in [-0.2, -0.15) is 0 Å². The molecule has 3 rings (SSSR count). The third kappa shape index (κ3) is 4.53. The molecular weight excluding hydrogens is 340 g/mol. The topological polar surface area (TPSA) is 75.5 Å². The highest BCUT2D eigenvalue weighted by molar-refractivity contribution is 6.02. The molecule has 0 saturated heterocycles. The normalized spacial score (nSPS) is 10.9. The number of amides is 2. The molecular formula is C21H24N4O2. The lowest BCUT2D eigenvalue weighted by Gasteiger charge is -2.06. The van der Waals surface area contributed by atoms with Gasteiger partial charge in [-0.1, -0.05) is 50.2 Å². The van der Waals surface area contributed by atoms with Crippen LogP contribution in [0.25, 0.3) is 5.52 Å². The summed E-state index contributed by atoms with van der Waals surface area (Å²) in [6.45, 7) is 5.11. The second-order valence-corrected chi connectivity index (χ2v) is 6.84. The first kappa shape index (κ1) is 18.6. The van der Waals surface area contributed by atoms with Gasteiger partial charge in [0.25, 0.3) is 11.8 Å². The highest BCUT2D eigenvalue weighted by atomic mass is 16.2. The molecule has 2 N–H and O–H groups in total. The smallest absolute Gasteiger partial charge is 0.287 e. The highest BCUT2D eigenvalue weighted by Crippen LogP contribution is 2.13. The van der Waals surface area contributed by atoms with E-state index >= 15 is 0 Å². The third-order valence-corrected chi connectivity index (χ3v) is 4.18. The molecule has 3 aromatic rings. The first-order valence-electron chi connectivity index (χ1n) is 9.13. The van der Waals surface area contributed by atoms with Crippen LogP contribution in [0.5, 0.6) is 0 Å². The van der Waals surface area contributed by atoms with Gasteiger partial charge in [0, 0.05) is 19.3 Å². The maximum Gasteiger partial charge on any atom is 0.287 e. The van der Waals surface area contributed by atoms with Crippen molar-refractivity contribution in [2.75, 3.05) is 13.1 Å². The van der Waals surface area contributed by atoms with Gasteiger partial charge in [-0.15, -0.1) is 0 Å². The fourth-order valence-corrected chi connectivity index (χ4v) is 2.79. The van der Waals surface area contributed by atoms with E-state index in [0.29, 0.717) is 24.5 Å². The number of imidazole rings is 1. The summed E-state index contributed by atoms with van der Waals surface area (Å²) >= 11 is 0. The molecule has 0 aliphatic rings. The van der Waals surface area contributed by atoms with Crippen LogP contribution < -0.4 is 10.6 Å². The van der Waals surface area contributed by atoms with Gasteiger partial charge in [0.1, 0.15) is 0 Å². The molecule has 6 nitrogen and oxygen atoms in total. The molecule has 0 bridgehead atoms. The van der Waals surface area contributed by atoms with E-state index in [-0.39, 0.29) is 23.3 Å². The molecule has 6 heteroatoms. The number of benzene rings is 1. The third-order valence-electron chi connectivity index (χ3n) is 4.18. The second kappa shape index (κ2) is 8.49. The number of nitrogens with one attached hydrogen (secondary N) is 2.